The lowest BCUT2D eigenvalue weighted by Crippen LogP contribution is -2.53. The summed E-state index contributed by atoms with van der Waals surface area (Å²) in [6, 6.07) is 17.2. The first-order chi connectivity index (χ1) is 17.0. The van der Waals surface area contributed by atoms with Gasteiger partial charge in [-0.25, -0.2) is 0 Å². The third-order valence-electron chi connectivity index (χ3n) is 8.41. The second-order valence-electron chi connectivity index (χ2n) is 11.1. The first-order valence-electron chi connectivity index (χ1n) is 13.1. The SMILES string of the molecule is CCCN(Cc1ccc(C#N)cc1)C(=O)c1ccc(CNC(=O)C23CC4CC(CC(C4)C2)C3)cc1. The molecule has 182 valence electrons. The molecule has 6 rings (SSSR count). The maximum absolute atomic E-state index is 13.2. The lowest BCUT2D eigenvalue weighted by Gasteiger charge is -2.55. The predicted molar refractivity (Wildman–Crippen MR) is 135 cm³/mol. The molecule has 0 atom stereocenters. The average molecular weight is 470 g/mol. The largest absolute Gasteiger partial charge is 0.352 e. The first-order valence-corrected chi connectivity index (χ1v) is 13.1. The van der Waals surface area contributed by atoms with E-state index in [2.05, 4.69) is 18.3 Å². The highest BCUT2D eigenvalue weighted by Crippen LogP contribution is 2.60. The summed E-state index contributed by atoms with van der Waals surface area (Å²) in [5.41, 5.74) is 3.18. The smallest absolute Gasteiger partial charge is 0.254 e. The van der Waals surface area contributed by atoms with Gasteiger partial charge in [-0.2, -0.15) is 5.26 Å². The van der Waals surface area contributed by atoms with Crippen LogP contribution in [-0.4, -0.2) is 23.3 Å². The maximum Gasteiger partial charge on any atom is 0.254 e. The molecule has 0 aromatic heterocycles. The molecule has 2 amide bonds. The van der Waals surface area contributed by atoms with E-state index in [-0.39, 0.29) is 17.2 Å². The van der Waals surface area contributed by atoms with Crippen LogP contribution in [0.15, 0.2) is 48.5 Å². The molecule has 5 nitrogen and oxygen atoms in total. The maximum atomic E-state index is 13.2. The predicted octanol–water partition coefficient (Wildman–Crippen LogP) is 5.44. The summed E-state index contributed by atoms with van der Waals surface area (Å²) >= 11 is 0. The lowest BCUT2D eigenvalue weighted by atomic mass is 9.49. The number of carbonyl (C=O) groups excluding carboxylic acids is 2. The van der Waals surface area contributed by atoms with E-state index in [1.165, 1.54) is 19.3 Å². The second-order valence-corrected chi connectivity index (χ2v) is 11.1. The van der Waals surface area contributed by atoms with Crippen molar-refractivity contribution in [3.63, 3.8) is 0 Å². The summed E-state index contributed by atoms with van der Waals surface area (Å²) in [7, 11) is 0. The van der Waals surface area contributed by atoms with Crippen LogP contribution in [0.5, 0.6) is 0 Å². The molecule has 4 saturated carbocycles. The Morgan fingerprint density at radius 1 is 0.943 bits per heavy atom. The Morgan fingerprint density at radius 3 is 2.06 bits per heavy atom. The minimum absolute atomic E-state index is 0.000336. The Kier molecular flexibility index (Phi) is 6.65. The van der Waals surface area contributed by atoms with Crippen molar-refractivity contribution in [2.75, 3.05) is 6.54 Å². The van der Waals surface area contributed by atoms with Crippen LogP contribution in [0.4, 0.5) is 0 Å². The summed E-state index contributed by atoms with van der Waals surface area (Å²) in [4.78, 5) is 28.3. The van der Waals surface area contributed by atoms with Gasteiger partial charge in [-0.15, -0.1) is 0 Å². The first kappa shape index (κ1) is 23.6. The Balaban J connectivity index is 1.19. The molecule has 2 aromatic carbocycles. The zero-order chi connectivity index (χ0) is 24.4. The van der Waals surface area contributed by atoms with Gasteiger partial charge in [-0.3, -0.25) is 9.59 Å². The van der Waals surface area contributed by atoms with E-state index in [0.717, 1.165) is 54.6 Å². The molecule has 4 aliphatic carbocycles. The van der Waals surface area contributed by atoms with Gasteiger partial charge < -0.3 is 10.2 Å². The summed E-state index contributed by atoms with van der Waals surface area (Å²) in [6.07, 6.45) is 8.10. The number of rotatable bonds is 8. The fourth-order valence-electron chi connectivity index (χ4n) is 7.13. The minimum atomic E-state index is -0.128. The van der Waals surface area contributed by atoms with Crippen LogP contribution >= 0.6 is 0 Å². The summed E-state index contributed by atoms with van der Waals surface area (Å²) in [6.45, 7) is 3.76. The highest BCUT2D eigenvalue weighted by Gasteiger charge is 2.54. The van der Waals surface area contributed by atoms with E-state index < -0.39 is 0 Å². The van der Waals surface area contributed by atoms with Crippen molar-refractivity contribution in [2.24, 2.45) is 23.2 Å². The molecule has 0 heterocycles. The van der Waals surface area contributed by atoms with Crippen LogP contribution in [0.3, 0.4) is 0 Å². The average Bonchev–Trinajstić information content (AvgIpc) is 2.86. The van der Waals surface area contributed by atoms with E-state index in [0.29, 0.717) is 30.8 Å². The number of nitrogens with zero attached hydrogens (tertiary/aromatic N) is 2. The van der Waals surface area contributed by atoms with Crippen molar-refractivity contribution in [1.29, 1.82) is 5.26 Å². The Morgan fingerprint density at radius 2 is 1.51 bits per heavy atom. The van der Waals surface area contributed by atoms with Crippen LogP contribution in [0.2, 0.25) is 0 Å². The van der Waals surface area contributed by atoms with Crippen molar-refractivity contribution in [1.82, 2.24) is 10.2 Å². The fourth-order valence-corrected chi connectivity index (χ4v) is 7.13. The molecule has 4 bridgehead atoms. The van der Waals surface area contributed by atoms with Gasteiger partial charge >= 0.3 is 0 Å². The van der Waals surface area contributed by atoms with Gasteiger partial charge in [-0.05, 0) is 98.1 Å². The molecular weight excluding hydrogens is 434 g/mol. The van der Waals surface area contributed by atoms with Gasteiger partial charge in [0.15, 0.2) is 0 Å². The minimum Gasteiger partial charge on any atom is -0.352 e. The fraction of sp³-hybridized carbons (Fsp3) is 0.500. The van der Waals surface area contributed by atoms with Crippen molar-refractivity contribution < 1.29 is 9.59 Å². The Labute approximate surface area is 208 Å². The molecule has 2 aromatic rings. The molecule has 0 radical (unpaired) electrons. The number of hydrogen-bond acceptors (Lipinski definition) is 3. The van der Waals surface area contributed by atoms with Crippen LogP contribution in [0, 0.1) is 34.5 Å². The zero-order valence-corrected chi connectivity index (χ0v) is 20.6. The number of nitrogens with one attached hydrogen (secondary N) is 1. The molecule has 0 saturated heterocycles. The van der Waals surface area contributed by atoms with Crippen molar-refractivity contribution in [3.8, 4) is 6.07 Å². The van der Waals surface area contributed by atoms with Gasteiger partial charge in [0.1, 0.15) is 0 Å². The molecule has 5 heteroatoms. The summed E-state index contributed by atoms with van der Waals surface area (Å²) in [5.74, 6) is 2.52. The van der Waals surface area contributed by atoms with Gasteiger partial charge in [0.25, 0.3) is 5.91 Å². The van der Waals surface area contributed by atoms with E-state index in [1.54, 1.807) is 12.1 Å². The van der Waals surface area contributed by atoms with Gasteiger partial charge in [0.2, 0.25) is 5.91 Å². The van der Waals surface area contributed by atoms with Crippen molar-refractivity contribution in [2.45, 2.75) is 65.0 Å². The third kappa shape index (κ3) is 4.98. The van der Waals surface area contributed by atoms with Gasteiger partial charge in [-0.1, -0.05) is 31.2 Å². The third-order valence-corrected chi connectivity index (χ3v) is 8.41. The number of amides is 2. The highest BCUT2D eigenvalue weighted by molar-refractivity contribution is 5.94. The number of nitriles is 1. The summed E-state index contributed by atoms with van der Waals surface area (Å²) < 4.78 is 0. The monoisotopic (exact) mass is 469 g/mol. The standard InChI is InChI=1S/C30H35N3O2/c1-2-11-33(20-23-5-3-21(18-31)4-6-23)28(34)27-9-7-22(8-10-27)19-32-29(35)30-15-24-12-25(16-30)14-26(13-24)17-30/h3-10,24-26H,2,11-17,19-20H2,1H3,(H,32,35). The van der Waals surface area contributed by atoms with E-state index in [4.69, 9.17) is 5.26 Å². The Hall–Kier alpha value is -3.13. The number of hydrogen-bond donors (Lipinski definition) is 1. The van der Waals surface area contributed by atoms with Gasteiger partial charge in [0, 0.05) is 30.6 Å². The second kappa shape index (κ2) is 9.85. The van der Waals surface area contributed by atoms with Crippen LogP contribution in [-0.2, 0) is 17.9 Å². The zero-order valence-electron chi connectivity index (χ0n) is 20.6. The highest BCUT2D eigenvalue weighted by atomic mass is 16.2. The number of benzene rings is 2. The molecule has 0 aliphatic heterocycles. The lowest BCUT2D eigenvalue weighted by molar-refractivity contribution is -0.146. The summed E-state index contributed by atoms with van der Waals surface area (Å²) in [5, 5.41) is 12.2. The molecule has 0 spiro atoms. The molecule has 35 heavy (non-hydrogen) atoms. The molecular formula is C30H35N3O2. The molecule has 4 fully saturated rings. The van der Waals surface area contributed by atoms with Crippen molar-refractivity contribution >= 4 is 11.8 Å². The van der Waals surface area contributed by atoms with Crippen molar-refractivity contribution in [3.05, 3.63) is 70.8 Å². The van der Waals surface area contributed by atoms with Crippen LogP contribution in [0.1, 0.15) is 78.9 Å². The number of carbonyl (C=O) groups is 2. The topological polar surface area (TPSA) is 73.2 Å². The molecule has 1 N–H and O–H groups in total. The van der Waals surface area contributed by atoms with E-state index in [1.807, 2.05) is 41.3 Å². The van der Waals surface area contributed by atoms with Gasteiger partial charge in [0.05, 0.1) is 11.6 Å². The molecule has 0 unspecified atom stereocenters. The Bertz CT molecular complexity index is 1080. The quantitative estimate of drug-likeness (QED) is 0.559. The van der Waals surface area contributed by atoms with E-state index in [9.17, 15) is 9.59 Å². The molecule has 4 aliphatic rings. The van der Waals surface area contributed by atoms with E-state index >= 15 is 0 Å². The normalized spacial score (nSPS) is 26.2. The van der Waals surface area contributed by atoms with Crippen LogP contribution in [0.25, 0.3) is 0 Å². The van der Waals surface area contributed by atoms with Crippen LogP contribution < -0.4 is 5.32 Å².